The van der Waals surface area contributed by atoms with E-state index in [1.807, 2.05) is 0 Å². The zero-order valence-electron chi connectivity index (χ0n) is 12.7. The predicted octanol–water partition coefficient (Wildman–Crippen LogP) is 1.54. The maximum absolute atomic E-state index is 12.1. The summed E-state index contributed by atoms with van der Waals surface area (Å²) in [5, 5.41) is 27.4. The van der Waals surface area contributed by atoms with Gasteiger partial charge in [0.15, 0.2) is 11.4 Å². The Bertz CT molecular complexity index is 929. The molecule has 8 heteroatoms. The molecule has 1 fully saturated rings. The molecule has 0 spiro atoms. The monoisotopic (exact) mass is 326 g/mol. The minimum atomic E-state index is -0.889. The van der Waals surface area contributed by atoms with Crippen molar-refractivity contribution in [3.8, 4) is 6.07 Å². The molecule has 0 saturated carbocycles. The number of rotatable bonds is 2. The topological polar surface area (TPSA) is 121 Å². The fourth-order valence-electron chi connectivity index (χ4n) is 2.71. The number of nitro groups is 1. The van der Waals surface area contributed by atoms with Crippen LogP contribution in [0.4, 0.5) is 0 Å². The molecule has 0 aliphatic carbocycles. The van der Waals surface area contributed by atoms with Gasteiger partial charge in [0.2, 0.25) is 0 Å². The highest BCUT2D eigenvalue weighted by Crippen LogP contribution is 2.28. The van der Waals surface area contributed by atoms with Crippen LogP contribution in [0.1, 0.15) is 24.0 Å². The maximum Gasteiger partial charge on any atom is 0.355 e. The molecule has 2 heterocycles. The number of nitriles is 1. The Morgan fingerprint density at radius 3 is 2.54 bits per heavy atom. The van der Waals surface area contributed by atoms with Crippen molar-refractivity contribution in [3.05, 3.63) is 61.7 Å². The minimum absolute atomic E-state index is 0.0220. The van der Waals surface area contributed by atoms with Crippen LogP contribution in [-0.4, -0.2) is 18.0 Å². The molecular formula is C16H14N4O4. The van der Waals surface area contributed by atoms with Gasteiger partial charge in [-0.1, -0.05) is 18.2 Å². The molecule has 1 saturated heterocycles. The van der Waals surface area contributed by atoms with E-state index in [0.29, 0.717) is 18.5 Å². The maximum atomic E-state index is 12.1. The van der Waals surface area contributed by atoms with E-state index in [1.165, 1.54) is 6.07 Å². The highest BCUT2D eigenvalue weighted by molar-refractivity contribution is 5.91. The quantitative estimate of drug-likeness (QED) is 0.487. The van der Waals surface area contributed by atoms with Gasteiger partial charge < -0.3 is 15.1 Å². The zero-order valence-corrected chi connectivity index (χ0v) is 12.7. The fraction of sp³-hybridized carbons (Fsp3) is 0.250. The van der Waals surface area contributed by atoms with E-state index in [1.54, 1.807) is 24.3 Å². The fourth-order valence-corrected chi connectivity index (χ4v) is 2.71. The average Bonchev–Trinajstić information content (AvgIpc) is 2.84. The Kier molecular flexibility index (Phi) is 4.16. The van der Waals surface area contributed by atoms with Crippen molar-refractivity contribution in [2.45, 2.75) is 12.8 Å². The van der Waals surface area contributed by atoms with Crippen LogP contribution in [-0.2, 0) is 0 Å². The molecule has 0 atom stereocenters. The summed E-state index contributed by atoms with van der Waals surface area (Å²) in [5.41, 5.74) is -1.41. The Labute approximate surface area is 136 Å². The third-order valence-electron chi connectivity index (χ3n) is 3.79. The Morgan fingerprint density at radius 1 is 1.25 bits per heavy atom. The van der Waals surface area contributed by atoms with Gasteiger partial charge in [-0.2, -0.15) is 5.26 Å². The lowest BCUT2D eigenvalue weighted by atomic mass is 10.0. The second-order valence-electron chi connectivity index (χ2n) is 5.29. The smallest absolute Gasteiger partial charge is 0.355 e. The molecule has 2 N–H and O–H groups in total. The summed E-state index contributed by atoms with van der Waals surface area (Å²) < 4.78 is 5.10. The first-order valence-electron chi connectivity index (χ1n) is 7.46. The zero-order chi connectivity index (χ0) is 17.1. The molecule has 24 heavy (non-hydrogen) atoms. The third kappa shape index (κ3) is 2.67. The SMILES string of the molecule is N#Cc1c(C(=C2NCCCCN2)[N+](=O)[O-])c2ccccc2oc1=O. The second-order valence-corrected chi connectivity index (χ2v) is 5.29. The van der Waals surface area contributed by atoms with Crippen molar-refractivity contribution in [1.29, 1.82) is 5.26 Å². The van der Waals surface area contributed by atoms with E-state index in [-0.39, 0.29) is 28.2 Å². The van der Waals surface area contributed by atoms with Crippen LogP contribution in [0, 0.1) is 21.4 Å². The molecule has 0 amide bonds. The molecule has 3 rings (SSSR count). The third-order valence-corrected chi connectivity index (χ3v) is 3.79. The number of hydrogen-bond donors (Lipinski definition) is 2. The van der Waals surface area contributed by atoms with Crippen molar-refractivity contribution in [1.82, 2.24) is 10.6 Å². The van der Waals surface area contributed by atoms with Gasteiger partial charge in [0.1, 0.15) is 11.7 Å². The van der Waals surface area contributed by atoms with Crippen LogP contribution in [0.5, 0.6) is 0 Å². The molecule has 0 radical (unpaired) electrons. The van der Waals surface area contributed by atoms with Crippen LogP contribution < -0.4 is 16.3 Å². The van der Waals surface area contributed by atoms with Gasteiger partial charge in [-0.05, 0) is 18.9 Å². The summed E-state index contributed by atoms with van der Waals surface area (Å²) in [4.78, 5) is 23.3. The first-order chi connectivity index (χ1) is 11.6. The van der Waals surface area contributed by atoms with E-state index in [2.05, 4.69) is 10.6 Å². The van der Waals surface area contributed by atoms with E-state index in [9.17, 15) is 20.2 Å². The molecule has 0 unspecified atom stereocenters. The summed E-state index contributed by atoms with van der Waals surface area (Å²) in [6.07, 6.45) is 1.73. The molecule has 1 aromatic heterocycles. The van der Waals surface area contributed by atoms with Crippen LogP contribution >= 0.6 is 0 Å². The summed E-state index contributed by atoms with van der Waals surface area (Å²) in [6, 6.07) is 8.20. The normalized spacial score (nSPS) is 14.2. The number of para-hydroxylation sites is 1. The lowest BCUT2D eigenvalue weighted by molar-refractivity contribution is -0.376. The van der Waals surface area contributed by atoms with Gasteiger partial charge in [-0.25, -0.2) is 4.79 Å². The summed E-state index contributed by atoms with van der Waals surface area (Å²) in [5.74, 6) is 0.213. The van der Waals surface area contributed by atoms with Crippen LogP contribution in [0.2, 0.25) is 0 Å². The Hall–Kier alpha value is -3.34. The first kappa shape index (κ1) is 15.6. The molecular weight excluding hydrogens is 312 g/mol. The van der Waals surface area contributed by atoms with E-state index in [0.717, 1.165) is 12.8 Å². The first-order valence-corrected chi connectivity index (χ1v) is 7.46. The summed E-state index contributed by atoms with van der Waals surface area (Å²) in [6.45, 7) is 1.14. The minimum Gasteiger partial charge on any atom is -0.422 e. The van der Waals surface area contributed by atoms with Gasteiger partial charge in [0.05, 0.1) is 10.5 Å². The Morgan fingerprint density at radius 2 is 1.92 bits per heavy atom. The molecule has 122 valence electrons. The Balaban J connectivity index is 2.40. The lowest BCUT2D eigenvalue weighted by Gasteiger charge is -2.12. The van der Waals surface area contributed by atoms with Crippen molar-refractivity contribution < 1.29 is 9.34 Å². The molecule has 1 aliphatic heterocycles. The van der Waals surface area contributed by atoms with Gasteiger partial charge in [-0.3, -0.25) is 10.1 Å². The predicted molar refractivity (Wildman–Crippen MR) is 86.4 cm³/mol. The van der Waals surface area contributed by atoms with Gasteiger partial charge in [-0.15, -0.1) is 0 Å². The molecule has 8 nitrogen and oxygen atoms in total. The molecule has 1 aromatic carbocycles. The number of benzene rings is 1. The molecule has 2 aromatic rings. The van der Waals surface area contributed by atoms with Crippen LogP contribution in [0.15, 0.2) is 39.3 Å². The number of hydrogen-bond acceptors (Lipinski definition) is 7. The number of nitrogens with zero attached hydrogens (tertiary/aromatic N) is 2. The van der Waals surface area contributed by atoms with Gasteiger partial charge >= 0.3 is 11.3 Å². The van der Waals surface area contributed by atoms with Crippen molar-refractivity contribution in [2.75, 3.05) is 13.1 Å². The number of fused-ring (bicyclic) bond motifs is 1. The van der Waals surface area contributed by atoms with Crippen molar-refractivity contribution >= 4 is 16.7 Å². The van der Waals surface area contributed by atoms with E-state index in [4.69, 9.17) is 4.42 Å². The van der Waals surface area contributed by atoms with E-state index < -0.39 is 10.5 Å². The summed E-state index contributed by atoms with van der Waals surface area (Å²) in [7, 11) is 0. The average molecular weight is 326 g/mol. The van der Waals surface area contributed by atoms with E-state index >= 15 is 0 Å². The van der Waals surface area contributed by atoms with Crippen molar-refractivity contribution in [3.63, 3.8) is 0 Å². The second kappa shape index (κ2) is 6.42. The highest BCUT2D eigenvalue weighted by atomic mass is 16.6. The molecule has 1 aliphatic rings. The highest BCUT2D eigenvalue weighted by Gasteiger charge is 2.30. The van der Waals surface area contributed by atoms with Crippen LogP contribution in [0.25, 0.3) is 16.7 Å². The van der Waals surface area contributed by atoms with Crippen molar-refractivity contribution in [2.24, 2.45) is 0 Å². The van der Waals surface area contributed by atoms with Crippen LogP contribution in [0.3, 0.4) is 0 Å². The largest absolute Gasteiger partial charge is 0.422 e. The standard InChI is InChI=1S/C16H14N4O4/c17-9-11-13(10-5-1-2-6-12(10)24-16(11)21)14(20(22)23)15-18-7-3-4-8-19-15/h1-2,5-6,18-19H,3-4,7-8H2. The van der Waals surface area contributed by atoms with Gasteiger partial charge in [0, 0.05) is 18.5 Å². The van der Waals surface area contributed by atoms with Gasteiger partial charge in [0.25, 0.3) is 0 Å². The molecule has 0 bridgehead atoms. The lowest BCUT2D eigenvalue weighted by Crippen LogP contribution is -2.28. The summed E-state index contributed by atoms with van der Waals surface area (Å²) >= 11 is 0. The number of nitrogens with one attached hydrogen (secondary N) is 2.